The number of nitrogen functional groups attached to an aromatic ring is 1. The molecule has 6 rings (SSSR count). The van der Waals surface area contributed by atoms with E-state index in [1.165, 1.54) is 16.8 Å². The molecular formula is C31H39F3N8O3S. The van der Waals surface area contributed by atoms with Crippen LogP contribution in [0.15, 0.2) is 36.5 Å². The van der Waals surface area contributed by atoms with E-state index in [1.54, 1.807) is 43.3 Å². The lowest BCUT2D eigenvalue weighted by molar-refractivity contribution is -0.198. The Morgan fingerprint density at radius 1 is 1.15 bits per heavy atom. The van der Waals surface area contributed by atoms with Crippen LogP contribution in [0.1, 0.15) is 60.9 Å². The fourth-order valence-corrected chi connectivity index (χ4v) is 7.49. The summed E-state index contributed by atoms with van der Waals surface area (Å²) in [5.74, 6) is -0.748. The van der Waals surface area contributed by atoms with Crippen molar-refractivity contribution in [1.29, 1.82) is 0 Å². The predicted octanol–water partition coefficient (Wildman–Crippen LogP) is 4.73. The van der Waals surface area contributed by atoms with Gasteiger partial charge in [-0.15, -0.1) is 0 Å². The van der Waals surface area contributed by atoms with Crippen LogP contribution in [0.25, 0.3) is 5.69 Å². The number of nitrogens with one attached hydrogen (secondary N) is 1. The Labute approximate surface area is 269 Å². The SMILES string of the molecule is CSN1CCC(c2ccc([C@@H](Oc3cc(N4CCC5(CC4)CN[C@H](C(=O)O)C5)nc(N)n3)C(F)(F)F)c(-n3ccc(C)n3)c2)CC1. The summed E-state index contributed by atoms with van der Waals surface area (Å²) in [7, 11) is 0. The Bertz CT molecular complexity index is 1550. The first kappa shape index (κ1) is 32.4. The Balaban J connectivity index is 1.27. The highest BCUT2D eigenvalue weighted by atomic mass is 32.2. The molecule has 1 spiro atoms. The van der Waals surface area contributed by atoms with Gasteiger partial charge in [0.15, 0.2) is 0 Å². The van der Waals surface area contributed by atoms with Crippen LogP contribution in [-0.2, 0) is 4.79 Å². The van der Waals surface area contributed by atoms with Crippen LogP contribution < -0.4 is 20.7 Å². The van der Waals surface area contributed by atoms with Crippen molar-refractivity contribution in [3.8, 4) is 11.6 Å². The highest BCUT2D eigenvalue weighted by Gasteiger charge is 2.46. The maximum Gasteiger partial charge on any atom is 0.429 e. The number of carboxylic acids is 1. The van der Waals surface area contributed by atoms with Gasteiger partial charge in [0.05, 0.1) is 11.4 Å². The van der Waals surface area contributed by atoms with Gasteiger partial charge in [0, 0.05) is 50.6 Å². The van der Waals surface area contributed by atoms with Crippen molar-refractivity contribution in [1.82, 2.24) is 29.4 Å². The van der Waals surface area contributed by atoms with E-state index in [1.807, 2.05) is 11.2 Å². The molecule has 0 amide bonds. The lowest BCUT2D eigenvalue weighted by atomic mass is 9.76. The van der Waals surface area contributed by atoms with Crippen LogP contribution in [0, 0.1) is 12.3 Å². The molecule has 0 unspecified atom stereocenters. The maximum absolute atomic E-state index is 14.8. The van der Waals surface area contributed by atoms with Gasteiger partial charge >= 0.3 is 12.1 Å². The van der Waals surface area contributed by atoms with E-state index in [9.17, 15) is 23.1 Å². The molecule has 2 atom stereocenters. The number of hydrogen-bond donors (Lipinski definition) is 3. The molecule has 0 bridgehead atoms. The quantitative estimate of drug-likeness (QED) is 0.290. The third-order valence-corrected chi connectivity index (χ3v) is 10.4. The molecule has 3 fully saturated rings. The van der Waals surface area contributed by atoms with Gasteiger partial charge in [-0.2, -0.15) is 28.2 Å². The molecule has 11 nitrogen and oxygen atoms in total. The highest BCUT2D eigenvalue weighted by molar-refractivity contribution is 7.96. The summed E-state index contributed by atoms with van der Waals surface area (Å²) in [6.07, 6.45) is 0.366. The molecule has 0 saturated carbocycles. The number of ether oxygens (including phenoxy) is 1. The number of anilines is 2. The van der Waals surface area contributed by atoms with Gasteiger partial charge < -0.3 is 25.8 Å². The minimum absolute atomic E-state index is 0.0822. The average molecular weight is 661 g/mol. The molecule has 3 aliphatic heterocycles. The van der Waals surface area contributed by atoms with Crippen molar-refractivity contribution in [2.24, 2.45) is 5.41 Å². The number of halogens is 3. The smallest absolute Gasteiger partial charge is 0.429 e. The second-order valence-corrected chi connectivity index (χ2v) is 13.4. The van der Waals surface area contributed by atoms with Crippen LogP contribution in [0.5, 0.6) is 5.88 Å². The monoisotopic (exact) mass is 660 g/mol. The molecule has 248 valence electrons. The predicted molar refractivity (Wildman–Crippen MR) is 169 cm³/mol. The second kappa shape index (κ2) is 12.9. The van der Waals surface area contributed by atoms with Crippen molar-refractivity contribution >= 4 is 29.7 Å². The van der Waals surface area contributed by atoms with E-state index in [0.29, 0.717) is 56.1 Å². The lowest BCUT2D eigenvalue weighted by Gasteiger charge is -2.39. The molecule has 0 aliphatic carbocycles. The zero-order valence-corrected chi connectivity index (χ0v) is 26.7. The van der Waals surface area contributed by atoms with E-state index >= 15 is 0 Å². The minimum Gasteiger partial charge on any atom is -0.480 e. The largest absolute Gasteiger partial charge is 0.480 e. The summed E-state index contributed by atoms with van der Waals surface area (Å²) in [5, 5.41) is 16.9. The normalized spacial score (nSPS) is 21.5. The third-order valence-electron chi connectivity index (χ3n) is 9.54. The standard InChI is InChI=1S/C31H39F3N8O3S/c1-19-5-12-42(39-19)24-15-21(20-6-10-41(46-2)11-7-20)3-4-22(24)27(31(32,33)34)45-26-16-25(37-29(35)38-26)40-13-8-30(9-14-40)17-23(28(43)44)36-18-30/h3-5,12,15-16,20,23,27,36H,6-11,13-14,17-18H2,1-2H3,(H,43,44)(H2,35,37,38)/t23-,27+/m0/s1. The zero-order chi connectivity index (χ0) is 32.6. The molecule has 0 radical (unpaired) electrons. The van der Waals surface area contributed by atoms with Gasteiger partial charge in [-0.05, 0) is 74.3 Å². The number of aromatic nitrogens is 4. The molecule has 1 aromatic carbocycles. The van der Waals surface area contributed by atoms with Crippen LogP contribution in [0.3, 0.4) is 0 Å². The lowest BCUT2D eigenvalue weighted by Crippen LogP contribution is -2.41. The Morgan fingerprint density at radius 3 is 2.50 bits per heavy atom. The van der Waals surface area contributed by atoms with Crippen molar-refractivity contribution in [3.05, 3.63) is 53.3 Å². The number of aryl methyl sites for hydroxylation is 1. The summed E-state index contributed by atoms with van der Waals surface area (Å²) >= 11 is 1.71. The number of piperidine rings is 2. The van der Waals surface area contributed by atoms with Gasteiger partial charge in [0.25, 0.3) is 0 Å². The van der Waals surface area contributed by atoms with E-state index in [2.05, 4.69) is 24.7 Å². The molecule has 3 aromatic rings. The topological polar surface area (TPSA) is 135 Å². The first-order valence-corrected chi connectivity index (χ1v) is 16.7. The summed E-state index contributed by atoms with van der Waals surface area (Å²) in [5.41, 5.74) is 7.72. The molecule has 2 aromatic heterocycles. The number of carbonyl (C=O) groups is 1. The molecule has 46 heavy (non-hydrogen) atoms. The van der Waals surface area contributed by atoms with Crippen molar-refractivity contribution in [3.63, 3.8) is 0 Å². The van der Waals surface area contributed by atoms with E-state index in [4.69, 9.17) is 10.5 Å². The number of carboxylic acid groups (broad SMARTS) is 1. The van der Waals surface area contributed by atoms with E-state index < -0.39 is 24.3 Å². The van der Waals surface area contributed by atoms with Gasteiger partial charge in [-0.3, -0.25) is 9.10 Å². The fourth-order valence-electron chi connectivity index (χ4n) is 6.92. The number of hydrogen-bond acceptors (Lipinski definition) is 10. The van der Waals surface area contributed by atoms with Crippen LogP contribution >= 0.6 is 11.9 Å². The number of alkyl halides is 3. The van der Waals surface area contributed by atoms with Crippen molar-refractivity contribution in [2.75, 3.05) is 49.6 Å². The van der Waals surface area contributed by atoms with Gasteiger partial charge in [-0.25, -0.2) is 4.68 Å². The maximum atomic E-state index is 14.8. The number of rotatable bonds is 8. The van der Waals surface area contributed by atoms with Gasteiger partial charge in [-0.1, -0.05) is 24.1 Å². The summed E-state index contributed by atoms with van der Waals surface area (Å²) in [6, 6.07) is 7.65. The third kappa shape index (κ3) is 6.91. The van der Waals surface area contributed by atoms with Crippen LogP contribution in [0.4, 0.5) is 24.9 Å². The summed E-state index contributed by atoms with van der Waals surface area (Å²) < 4.78 is 54.0. The van der Waals surface area contributed by atoms with Crippen molar-refractivity contribution < 1.29 is 27.8 Å². The van der Waals surface area contributed by atoms with Gasteiger partial charge in [0.1, 0.15) is 11.9 Å². The first-order chi connectivity index (χ1) is 21.9. The molecule has 5 heterocycles. The first-order valence-electron chi connectivity index (χ1n) is 15.5. The number of nitrogens with two attached hydrogens (primary N) is 1. The van der Waals surface area contributed by atoms with E-state index in [0.717, 1.165) is 31.5 Å². The average Bonchev–Trinajstić information content (AvgIpc) is 3.66. The Kier molecular flexibility index (Phi) is 9.09. The Hall–Kier alpha value is -3.56. The molecule has 3 saturated heterocycles. The molecule has 15 heteroatoms. The Morgan fingerprint density at radius 2 is 1.89 bits per heavy atom. The number of nitrogens with zero attached hydrogens (tertiary/aromatic N) is 6. The number of benzene rings is 1. The molecule has 3 aliphatic rings. The summed E-state index contributed by atoms with van der Waals surface area (Å²) in [6.45, 7) is 5.32. The molecule has 4 N–H and O–H groups in total. The van der Waals surface area contributed by atoms with E-state index in [-0.39, 0.29) is 28.7 Å². The number of aliphatic carboxylic acids is 1. The zero-order valence-electron chi connectivity index (χ0n) is 25.8. The molecular weight excluding hydrogens is 621 g/mol. The minimum atomic E-state index is -4.78. The fraction of sp³-hybridized carbons (Fsp3) is 0.548. The van der Waals surface area contributed by atoms with Crippen molar-refractivity contribution in [2.45, 2.75) is 63.3 Å². The van der Waals surface area contributed by atoms with Crippen LogP contribution in [0.2, 0.25) is 0 Å². The second-order valence-electron chi connectivity index (χ2n) is 12.5. The summed E-state index contributed by atoms with van der Waals surface area (Å²) in [4.78, 5) is 21.7. The highest BCUT2D eigenvalue weighted by Crippen LogP contribution is 2.43. The van der Waals surface area contributed by atoms with Gasteiger partial charge in [0.2, 0.25) is 17.9 Å². The van der Waals surface area contributed by atoms with Crippen LogP contribution in [-0.4, -0.2) is 86.3 Å².